The zero-order chi connectivity index (χ0) is 27.9. The van der Waals surface area contributed by atoms with E-state index in [-0.39, 0.29) is 24.8 Å². The number of fused-ring (bicyclic) bond motifs is 1. The van der Waals surface area contributed by atoms with Crippen LogP contribution in [0.5, 0.6) is 5.75 Å². The molecule has 1 atom stereocenters. The van der Waals surface area contributed by atoms with Gasteiger partial charge in [0.05, 0.1) is 19.1 Å². The van der Waals surface area contributed by atoms with Gasteiger partial charge in [-0.1, -0.05) is 42.5 Å². The summed E-state index contributed by atoms with van der Waals surface area (Å²) >= 11 is 0. The number of rotatable bonds is 11. The average molecular weight is 540 g/mol. The lowest BCUT2D eigenvalue weighted by molar-refractivity contribution is -0.137. The Hall–Kier alpha value is -4.26. The molecular weight excluding hydrogens is 502 g/mol. The number of nitrogens with zero attached hydrogens (tertiary/aromatic N) is 1. The van der Waals surface area contributed by atoms with Crippen molar-refractivity contribution in [1.82, 2.24) is 10.3 Å². The van der Waals surface area contributed by atoms with Crippen molar-refractivity contribution in [3.05, 3.63) is 95.2 Å². The molecule has 1 aromatic heterocycles. The second kappa shape index (κ2) is 12.7. The zero-order valence-electron chi connectivity index (χ0n) is 23.0. The van der Waals surface area contributed by atoms with Crippen LogP contribution in [0.1, 0.15) is 60.9 Å². The highest BCUT2D eigenvalue weighted by molar-refractivity contribution is 5.87. The average Bonchev–Trinajstić information content (AvgIpc) is 3.38. The molecular formula is C33H37N3O4. The molecule has 1 aliphatic rings. The predicted molar refractivity (Wildman–Crippen MR) is 158 cm³/mol. The van der Waals surface area contributed by atoms with Gasteiger partial charge in [0.1, 0.15) is 5.75 Å². The van der Waals surface area contributed by atoms with Crippen LogP contribution < -0.4 is 15.0 Å². The summed E-state index contributed by atoms with van der Waals surface area (Å²) in [6.07, 6.45) is 6.12. The quantitative estimate of drug-likeness (QED) is 0.217. The van der Waals surface area contributed by atoms with Gasteiger partial charge in [-0.2, -0.15) is 0 Å². The van der Waals surface area contributed by atoms with Gasteiger partial charge in [0, 0.05) is 53.9 Å². The number of aromatic nitrogens is 1. The number of aliphatic carboxylic acids is 1. The second-order valence-corrected chi connectivity index (χ2v) is 10.4. The third kappa shape index (κ3) is 6.47. The Morgan fingerprint density at radius 3 is 2.58 bits per heavy atom. The molecule has 0 bridgehead atoms. The van der Waals surface area contributed by atoms with E-state index in [4.69, 9.17) is 9.84 Å². The highest BCUT2D eigenvalue weighted by Gasteiger charge is 2.24. The molecule has 4 aromatic rings. The molecule has 7 heteroatoms. The maximum absolute atomic E-state index is 13.6. The van der Waals surface area contributed by atoms with Crippen molar-refractivity contribution in [3.63, 3.8) is 0 Å². The van der Waals surface area contributed by atoms with Gasteiger partial charge in [-0.05, 0) is 67.5 Å². The SMILES string of the molecule is CCOc1ccc(C(NC(=O)Cc2ccc3[nH]cc(CCC(=O)O)c3c2)c2ccccc2)c(N2CCCCC2)c1. The molecule has 0 spiro atoms. The number of ether oxygens (including phenoxy) is 1. The van der Waals surface area contributed by atoms with Crippen molar-refractivity contribution in [1.29, 1.82) is 0 Å². The first kappa shape index (κ1) is 27.3. The van der Waals surface area contributed by atoms with Crippen molar-refractivity contribution in [2.24, 2.45) is 0 Å². The number of benzene rings is 3. The highest BCUT2D eigenvalue weighted by atomic mass is 16.5. The molecule has 0 aliphatic carbocycles. The third-order valence-electron chi connectivity index (χ3n) is 7.56. The number of hydrogen-bond acceptors (Lipinski definition) is 4. The highest BCUT2D eigenvalue weighted by Crippen LogP contribution is 2.35. The summed E-state index contributed by atoms with van der Waals surface area (Å²) in [6.45, 7) is 4.56. The van der Waals surface area contributed by atoms with Gasteiger partial charge in [0.25, 0.3) is 0 Å². The summed E-state index contributed by atoms with van der Waals surface area (Å²) in [5.41, 5.74) is 5.96. The Labute approximate surface area is 235 Å². The molecule has 7 nitrogen and oxygen atoms in total. The fourth-order valence-electron chi connectivity index (χ4n) is 5.60. The number of aromatic amines is 1. The maximum Gasteiger partial charge on any atom is 0.303 e. The summed E-state index contributed by atoms with van der Waals surface area (Å²) in [4.78, 5) is 30.3. The van der Waals surface area contributed by atoms with Gasteiger partial charge in [0.2, 0.25) is 5.91 Å². The van der Waals surface area contributed by atoms with Crippen LogP contribution in [0.25, 0.3) is 10.9 Å². The minimum Gasteiger partial charge on any atom is -0.494 e. The van der Waals surface area contributed by atoms with E-state index in [1.807, 2.05) is 55.6 Å². The number of carboxylic acids is 1. The molecule has 3 aromatic carbocycles. The Kier molecular flexibility index (Phi) is 8.69. The van der Waals surface area contributed by atoms with Crippen LogP contribution >= 0.6 is 0 Å². The summed E-state index contributed by atoms with van der Waals surface area (Å²) < 4.78 is 5.86. The number of amides is 1. The number of piperidine rings is 1. The van der Waals surface area contributed by atoms with Gasteiger partial charge in [-0.3, -0.25) is 9.59 Å². The van der Waals surface area contributed by atoms with Crippen molar-refractivity contribution in [2.75, 3.05) is 24.6 Å². The summed E-state index contributed by atoms with van der Waals surface area (Å²) in [7, 11) is 0. The molecule has 1 fully saturated rings. The largest absolute Gasteiger partial charge is 0.494 e. The zero-order valence-corrected chi connectivity index (χ0v) is 23.0. The van der Waals surface area contributed by atoms with Crippen molar-refractivity contribution >= 4 is 28.5 Å². The van der Waals surface area contributed by atoms with Gasteiger partial charge in [-0.15, -0.1) is 0 Å². The van der Waals surface area contributed by atoms with E-state index in [0.29, 0.717) is 13.0 Å². The van der Waals surface area contributed by atoms with E-state index in [9.17, 15) is 9.59 Å². The number of aryl methyl sites for hydroxylation is 1. The number of hydrogen-bond donors (Lipinski definition) is 3. The van der Waals surface area contributed by atoms with E-state index < -0.39 is 5.97 Å². The van der Waals surface area contributed by atoms with E-state index >= 15 is 0 Å². The molecule has 3 N–H and O–H groups in total. The third-order valence-corrected chi connectivity index (χ3v) is 7.56. The minimum absolute atomic E-state index is 0.0673. The molecule has 1 amide bonds. The number of carbonyl (C=O) groups is 2. The Balaban J connectivity index is 1.43. The number of carbonyl (C=O) groups excluding carboxylic acids is 1. The lowest BCUT2D eigenvalue weighted by atomic mass is 9.95. The van der Waals surface area contributed by atoms with Crippen molar-refractivity contribution in [2.45, 2.75) is 51.5 Å². The van der Waals surface area contributed by atoms with Crippen LogP contribution in [-0.4, -0.2) is 41.7 Å². The monoisotopic (exact) mass is 539 g/mol. The van der Waals surface area contributed by atoms with Crippen LogP contribution in [0, 0.1) is 0 Å². The molecule has 0 radical (unpaired) electrons. The van der Waals surface area contributed by atoms with Crippen LogP contribution in [0.3, 0.4) is 0 Å². The molecule has 1 unspecified atom stereocenters. The smallest absolute Gasteiger partial charge is 0.303 e. The fraction of sp³-hybridized carbons (Fsp3) is 0.333. The standard InChI is InChI=1S/C33H37N3O4/c1-2-40-26-13-14-27(30(21-26)36-17-7-4-8-18-36)33(24-9-5-3-6-10-24)35-31(37)20-23-11-15-29-28(19-23)25(22-34-29)12-16-32(38)39/h3,5-6,9-11,13-15,19,21-22,33-34H,2,4,7-8,12,16-18,20H2,1H3,(H,35,37)(H,38,39). The van der Waals surface area contributed by atoms with Crippen LogP contribution in [0.15, 0.2) is 72.9 Å². The van der Waals surface area contributed by atoms with Gasteiger partial charge >= 0.3 is 5.97 Å². The second-order valence-electron chi connectivity index (χ2n) is 10.4. The first-order valence-electron chi connectivity index (χ1n) is 14.2. The van der Waals surface area contributed by atoms with Crippen molar-refractivity contribution < 1.29 is 19.4 Å². The summed E-state index contributed by atoms with van der Waals surface area (Å²) in [6, 6.07) is 21.9. The number of H-pyrrole nitrogens is 1. The van der Waals surface area contributed by atoms with E-state index in [1.165, 1.54) is 6.42 Å². The Morgan fingerprint density at radius 2 is 1.82 bits per heavy atom. The summed E-state index contributed by atoms with van der Waals surface area (Å²) in [5.74, 6) is -0.0622. The molecule has 208 valence electrons. The number of carboxylic acid groups (broad SMARTS) is 1. The molecule has 40 heavy (non-hydrogen) atoms. The molecule has 2 heterocycles. The van der Waals surface area contributed by atoms with Gasteiger partial charge < -0.3 is 25.0 Å². The van der Waals surface area contributed by atoms with Gasteiger partial charge in [0.15, 0.2) is 0 Å². The van der Waals surface area contributed by atoms with Crippen LogP contribution in [0.4, 0.5) is 5.69 Å². The van der Waals surface area contributed by atoms with Crippen LogP contribution in [0.2, 0.25) is 0 Å². The lowest BCUT2D eigenvalue weighted by Crippen LogP contribution is -2.34. The van der Waals surface area contributed by atoms with Gasteiger partial charge in [-0.25, -0.2) is 0 Å². The Bertz CT molecular complexity index is 1460. The number of anilines is 1. The first-order valence-corrected chi connectivity index (χ1v) is 14.2. The fourth-order valence-corrected chi connectivity index (χ4v) is 5.60. The molecule has 1 aliphatic heterocycles. The Morgan fingerprint density at radius 1 is 1.02 bits per heavy atom. The molecule has 0 saturated carbocycles. The van der Waals surface area contributed by atoms with E-state index in [0.717, 1.165) is 70.5 Å². The van der Waals surface area contributed by atoms with E-state index in [1.54, 1.807) is 0 Å². The van der Waals surface area contributed by atoms with Crippen LogP contribution in [-0.2, 0) is 22.4 Å². The van der Waals surface area contributed by atoms with Crippen molar-refractivity contribution in [3.8, 4) is 5.75 Å². The topological polar surface area (TPSA) is 94.7 Å². The summed E-state index contributed by atoms with van der Waals surface area (Å²) in [5, 5.41) is 13.4. The normalized spacial score (nSPS) is 14.2. The molecule has 5 rings (SSSR count). The lowest BCUT2D eigenvalue weighted by Gasteiger charge is -2.33. The van der Waals surface area contributed by atoms with E-state index in [2.05, 4.69) is 39.5 Å². The first-order chi connectivity index (χ1) is 19.5. The number of nitrogens with one attached hydrogen (secondary N) is 2. The predicted octanol–water partition coefficient (Wildman–Crippen LogP) is 6.02. The maximum atomic E-state index is 13.6. The molecule has 1 saturated heterocycles. The minimum atomic E-state index is -0.824.